The van der Waals surface area contributed by atoms with E-state index in [9.17, 15) is 14.4 Å². The van der Waals surface area contributed by atoms with Gasteiger partial charge in [-0.1, -0.05) is 31.2 Å². The fraction of sp³-hybridized carbons (Fsp3) is 0.167. The molecule has 1 aliphatic rings. The van der Waals surface area contributed by atoms with Crippen molar-refractivity contribution in [2.75, 3.05) is 6.61 Å². The van der Waals surface area contributed by atoms with Crippen LogP contribution in [0, 0.1) is 0 Å². The lowest BCUT2D eigenvalue weighted by atomic mass is 9.83. The molecule has 1 aliphatic carbocycles. The maximum absolute atomic E-state index is 12.5. The van der Waals surface area contributed by atoms with Crippen molar-refractivity contribution in [2.45, 2.75) is 13.3 Å². The van der Waals surface area contributed by atoms with E-state index in [1.807, 2.05) is 6.92 Å². The summed E-state index contributed by atoms with van der Waals surface area (Å²) in [6.07, 6.45) is 0.724. The average molecular weight is 294 g/mol. The molecule has 2 aromatic carbocycles. The minimum atomic E-state index is -0.483. The van der Waals surface area contributed by atoms with Crippen LogP contribution in [0.15, 0.2) is 42.5 Å². The number of fused-ring (bicyclic) bond motifs is 2. The van der Waals surface area contributed by atoms with E-state index in [4.69, 9.17) is 4.74 Å². The zero-order valence-electron chi connectivity index (χ0n) is 12.1. The summed E-state index contributed by atoms with van der Waals surface area (Å²) in [6.45, 7) is 2.23. The van der Waals surface area contributed by atoms with Crippen LogP contribution in [0.25, 0.3) is 0 Å². The first-order valence-corrected chi connectivity index (χ1v) is 7.13. The van der Waals surface area contributed by atoms with E-state index in [-0.39, 0.29) is 22.7 Å². The van der Waals surface area contributed by atoms with Gasteiger partial charge < -0.3 is 4.74 Å². The summed E-state index contributed by atoms with van der Waals surface area (Å²) in [5.74, 6) is -0.919. The van der Waals surface area contributed by atoms with Gasteiger partial charge in [-0.3, -0.25) is 9.59 Å². The number of rotatable bonds is 3. The van der Waals surface area contributed by atoms with Gasteiger partial charge in [-0.05, 0) is 24.6 Å². The topological polar surface area (TPSA) is 60.4 Å². The van der Waals surface area contributed by atoms with E-state index in [0.717, 1.165) is 6.42 Å². The molecule has 0 N–H and O–H groups in total. The Morgan fingerprint density at radius 2 is 1.50 bits per heavy atom. The van der Waals surface area contributed by atoms with Gasteiger partial charge in [-0.15, -0.1) is 0 Å². The van der Waals surface area contributed by atoms with Gasteiger partial charge in [0, 0.05) is 22.3 Å². The number of ketones is 2. The fourth-order valence-electron chi connectivity index (χ4n) is 2.50. The minimum absolute atomic E-state index is 0.196. The van der Waals surface area contributed by atoms with Crippen molar-refractivity contribution < 1.29 is 19.1 Å². The molecule has 4 heteroatoms. The van der Waals surface area contributed by atoms with E-state index >= 15 is 0 Å². The Bertz CT molecular complexity index is 789. The van der Waals surface area contributed by atoms with Crippen molar-refractivity contribution in [3.8, 4) is 0 Å². The van der Waals surface area contributed by atoms with Crippen LogP contribution in [0.4, 0.5) is 0 Å². The molecular weight excluding hydrogens is 280 g/mol. The molecule has 0 heterocycles. The standard InChI is InChI=1S/C18H14O4/c1-2-9-22-18(21)11-7-8-14-15(10-11)17(20)13-6-4-3-5-12(13)16(14)19/h3-8,10H,2,9H2,1H3. The van der Waals surface area contributed by atoms with Gasteiger partial charge in [0.25, 0.3) is 0 Å². The Labute approximate surface area is 127 Å². The molecule has 4 nitrogen and oxygen atoms in total. The SMILES string of the molecule is CCCOC(=O)c1ccc2c(c1)C(=O)c1ccccc1C2=O. The third kappa shape index (κ3) is 2.22. The number of hydrogen-bond donors (Lipinski definition) is 0. The minimum Gasteiger partial charge on any atom is -0.462 e. The summed E-state index contributed by atoms with van der Waals surface area (Å²) in [5, 5.41) is 0. The Kier molecular flexibility index (Phi) is 3.59. The van der Waals surface area contributed by atoms with Crippen LogP contribution in [0.5, 0.6) is 0 Å². The number of esters is 1. The second-order valence-electron chi connectivity index (χ2n) is 5.10. The molecule has 0 aliphatic heterocycles. The molecule has 0 atom stereocenters. The zero-order chi connectivity index (χ0) is 15.7. The molecule has 0 amide bonds. The van der Waals surface area contributed by atoms with Crippen LogP contribution < -0.4 is 0 Å². The average Bonchev–Trinajstić information content (AvgIpc) is 2.57. The van der Waals surface area contributed by atoms with Gasteiger partial charge in [-0.2, -0.15) is 0 Å². The third-order valence-corrected chi connectivity index (χ3v) is 3.60. The molecule has 0 saturated heterocycles. The highest BCUT2D eigenvalue weighted by atomic mass is 16.5. The van der Waals surface area contributed by atoms with Crippen molar-refractivity contribution in [1.29, 1.82) is 0 Å². The normalized spacial score (nSPS) is 12.6. The maximum Gasteiger partial charge on any atom is 0.338 e. The monoisotopic (exact) mass is 294 g/mol. The highest BCUT2D eigenvalue weighted by Crippen LogP contribution is 2.28. The molecule has 110 valence electrons. The predicted octanol–water partition coefficient (Wildman–Crippen LogP) is 3.03. The van der Waals surface area contributed by atoms with E-state index < -0.39 is 5.97 Å². The van der Waals surface area contributed by atoms with Crippen LogP contribution in [-0.2, 0) is 4.74 Å². The van der Waals surface area contributed by atoms with Crippen LogP contribution in [0.3, 0.4) is 0 Å². The first-order chi connectivity index (χ1) is 10.6. The lowest BCUT2D eigenvalue weighted by molar-refractivity contribution is 0.0505. The first-order valence-electron chi connectivity index (χ1n) is 7.13. The van der Waals surface area contributed by atoms with E-state index in [2.05, 4.69) is 0 Å². The molecule has 3 rings (SSSR count). The number of carbonyl (C=O) groups is 3. The molecule has 0 spiro atoms. The van der Waals surface area contributed by atoms with E-state index in [1.165, 1.54) is 18.2 Å². The lowest BCUT2D eigenvalue weighted by Gasteiger charge is -2.17. The van der Waals surface area contributed by atoms with Gasteiger partial charge in [0.05, 0.1) is 12.2 Å². The van der Waals surface area contributed by atoms with Gasteiger partial charge in [0.15, 0.2) is 11.6 Å². The lowest BCUT2D eigenvalue weighted by Crippen LogP contribution is -2.21. The Hall–Kier alpha value is -2.75. The van der Waals surface area contributed by atoms with Crippen LogP contribution in [0.2, 0.25) is 0 Å². The number of benzene rings is 2. The summed E-state index contributed by atoms with van der Waals surface area (Å²) in [5.41, 5.74) is 1.65. The van der Waals surface area contributed by atoms with Crippen molar-refractivity contribution >= 4 is 17.5 Å². The quantitative estimate of drug-likeness (QED) is 0.697. The number of carbonyl (C=O) groups excluding carboxylic acids is 3. The van der Waals surface area contributed by atoms with Gasteiger partial charge in [0.1, 0.15) is 0 Å². The van der Waals surface area contributed by atoms with Crippen LogP contribution >= 0.6 is 0 Å². The molecule has 0 unspecified atom stereocenters. The van der Waals surface area contributed by atoms with Crippen LogP contribution in [-0.4, -0.2) is 24.1 Å². The van der Waals surface area contributed by atoms with Gasteiger partial charge >= 0.3 is 5.97 Å². The predicted molar refractivity (Wildman–Crippen MR) is 80.3 cm³/mol. The molecule has 0 aromatic heterocycles. The molecule has 22 heavy (non-hydrogen) atoms. The van der Waals surface area contributed by atoms with Crippen molar-refractivity contribution in [1.82, 2.24) is 0 Å². The second-order valence-corrected chi connectivity index (χ2v) is 5.10. The highest BCUT2D eigenvalue weighted by molar-refractivity contribution is 6.28. The molecule has 0 fully saturated rings. The van der Waals surface area contributed by atoms with Crippen molar-refractivity contribution in [3.63, 3.8) is 0 Å². The second kappa shape index (κ2) is 5.56. The smallest absolute Gasteiger partial charge is 0.338 e. The molecule has 0 radical (unpaired) electrons. The van der Waals surface area contributed by atoms with Gasteiger partial charge in [-0.25, -0.2) is 4.79 Å². The van der Waals surface area contributed by atoms with Crippen LogP contribution in [0.1, 0.15) is 55.5 Å². The third-order valence-electron chi connectivity index (χ3n) is 3.60. The largest absolute Gasteiger partial charge is 0.462 e. The highest BCUT2D eigenvalue weighted by Gasteiger charge is 2.29. The van der Waals surface area contributed by atoms with Gasteiger partial charge in [0.2, 0.25) is 0 Å². The summed E-state index contributed by atoms with van der Waals surface area (Å²) in [7, 11) is 0. The maximum atomic E-state index is 12.5. The fourth-order valence-corrected chi connectivity index (χ4v) is 2.50. The molecule has 0 saturated carbocycles. The van der Waals surface area contributed by atoms with Crippen molar-refractivity contribution in [3.05, 3.63) is 70.3 Å². The summed E-state index contributed by atoms with van der Waals surface area (Å²) >= 11 is 0. The summed E-state index contributed by atoms with van der Waals surface area (Å²) in [4.78, 5) is 36.9. The Balaban J connectivity index is 2.04. The van der Waals surface area contributed by atoms with Crippen molar-refractivity contribution in [2.24, 2.45) is 0 Å². The first kappa shape index (κ1) is 14.2. The summed E-state index contributed by atoms with van der Waals surface area (Å²) < 4.78 is 5.06. The number of hydrogen-bond acceptors (Lipinski definition) is 4. The molecule has 0 bridgehead atoms. The van der Waals surface area contributed by atoms with E-state index in [0.29, 0.717) is 23.3 Å². The number of ether oxygens (including phenoxy) is 1. The molecular formula is C18H14O4. The Morgan fingerprint density at radius 1 is 0.909 bits per heavy atom. The summed E-state index contributed by atoms with van der Waals surface area (Å²) in [6, 6.07) is 11.2. The van der Waals surface area contributed by atoms with E-state index in [1.54, 1.807) is 24.3 Å². The molecule has 2 aromatic rings. The Morgan fingerprint density at radius 3 is 2.14 bits per heavy atom. The zero-order valence-corrected chi connectivity index (χ0v) is 12.1.